The fourth-order valence-electron chi connectivity index (χ4n) is 1.58. The number of phenolic OH excluding ortho intramolecular Hbond substituents is 1. The molecule has 0 aliphatic rings. The highest BCUT2D eigenvalue weighted by molar-refractivity contribution is 5.32. The van der Waals surface area contributed by atoms with Crippen molar-refractivity contribution in [2.75, 3.05) is 13.2 Å². The fourth-order valence-corrected chi connectivity index (χ4v) is 1.58. The van der Waals surface area contributed by atoms with E-state index in [0.29, 0.717) is 18.8 Å². The first-order valence-electron chi connectivity index (χ1n) is 6.80. The van der Waals surface area contributed by atoms with Gasteiger partial charge < -0.3 is 14.6 Å². The van der Waals surface area contributed by atoms with Crippen molar-refractivity contribution in [2.45, 2.75) is 45.8 Å². The molecule has 0 spiro atoms. The summed E-state index contributed by atoms with van der Waals surface area (Å²) in [5.41, 5.74) is 0.713. The highest BCUT2D eigenvalue weighted by Crippen LogP contribution is 2.27. The van der Waals surface area contributed by atoms with E-state index in [9.17, 15) is 5.11 Å². The lowest BCUT2D eigenvalue weighted by Gasteiger charge is -2.19. The van der Waals surface area contributed by atoms with Gasteiger partial charge in [0.25, 0.3) is 0 Å². The summed E-state index contributed by atoms with van der Waals surface area (Å²) in [6, 6.07) is 7.19. The first-order chi connectivity index (χ1) is 8.79. The second kappa shape index (κ2) is 8.95. The van der Waals surface area contributed by atoms with Crippen LogP contribution in [0.3, 0.4) is 0 Å². The van der Waals surface area contributed by atoms with Gasteiger partial charge in [0.15, 0.2) is 6.29 Å². The molecular weight excluding hydrogens is 228 g/mol. The molecule has 3 nitrogen and oxygen atoms in total. The minimum Gasteiger partial charge on any atom is -0.507 e. The SMILES string of the molecule is CCCCOC(OCCCC)c1ccccc1O. The zero-order valence-corrected chi connectivity index (χ0v) is 11.4. The predicted molar refractivity (Wildman–Crippen MR) is 72.6 cm³/mol. The number of rotatable bonds is 9. The highest BCUT2D eigenvalue weighted by Gasteiger charge is 2.15. The Hall–Kier alpha value is -1.06. The number of unbranched alkanes of at least 4 members (excludes halogenated alkanes) is 2. The van der Waals surface area contributed by atoms with Gasteiger partial charge in [0.2, 0.25) is 0 Å². The largest absolute Gasteiger partial charge is 0.507 e. The molecule has 1 aromatic carbocycles. The highest BCUT2D eigenvalue weighted by atomic mass is 16.7. The molecule has 0 aromatic heterocycles. The third kappa shape index (κ3) is 5.07. The van der Waals surface area contributed by atoms with E-state index in [4.69, 9.17) is 9.47 Å². The Morgan fingerprint density at radius 2 is 1.56 bits per heavy atom. The van der Waals surface area contributed by atoms with Gasteiger partial charge in [-0.25, -0.2) is 0 Å². The van der Waals surface area contributed by atoms with Crippen molar-refractivity contribution < 1.29 is 14.6 Å². The van der Waals surface area contributed by atoms with E-state index < -0.39 is 6.29 Å². The maximum absolute atomic E-state index is 9.83. The van der Waals surface area contributed by atoms with Crippen molar-refractivity contribution >= 4 is 0 Å². The first-order valence-corrected chi connectivity index (χ1v) is 6.80. The summed E-state index contributed by atoms with van der Waals surface area (Å²) >= 11 is 0. The zero-order valence-electron chi connectivity index (χ0n) is 11.4. The van der Waals surface area contributed by atoms with Crippen molar-refractivity contribution in [1.82, 2.24) is 0 Å². The van der Waals surface area contributed by atoms with Crippen LogP contribution < -0.4 is 0 Å². The normalized spacial score (nSPS) is 11.1. The monoisotopic (exact) mass is 252 g/mol. The van der Waals surface area contributed by atoms with E-state index in [1.165, 1.54) is 0 Å². The molecule has 0 saturated carbocycles. The summed E-state index contributed by atoms with van der Waals surface area (Å²) in [6.07, 6.45) is 3.72. The molecule has 0 fully saturated rings. The van der Waals surface area contributed by atoms with E-state index >= 15 is 0 Å². The molecule has 1 N–H and O–H groups in total. The van der Waals surface area contributed by atoms with Crippen molar-refractivity contribution in [1.29, 1.82) is 0 Å². The number of benzene rings is 1. The smallest absolute Gasteiger partial charge is 0.187 e. The molecule has 0 aliphatic carbocycles. The molecule has 18 heavy (non-hydrogen) atoms. The van der Waals surface area contributed by atoms with E-state index in [-0.39, 0.29) is 5.75 Å². The molecule has 0 unspecified atom stereocenters. The lowest BCUT2D eigenvalue weighted by molar-refractivity contribution is -0.148. The average molecular weight is 252 g/mol. The van der Waals surface area contributed by atoms with E-state index in [2.05, 4.69) is 13.8 Å². The van der Waals surface area contributed by atoms with Crippen molar-refractivity contribution in [3.05, 3.63) is 29.8 Å². The molecule has 102 valence electrons. The lowest BCUT2D eigenvalue weighted by Crippen LogP contribution is -2.11. The number of hydrogen-bond acceptors (Lipinski definition) is 3. The molecule has 0 radical (unpaired) electrons. The van der Waals surface area contributed by atoms with Gasteiger partial charge >= 0.3 is 0 Å². The predicted octanol–water partition coefficient (Wildman–Crippen LogP) is 4.02. The van der Waals surface area contributed by atoms with Crippen LogP contribution in [0.2, 0.25) is 0 Å². The Morgan fingerprint density at radius 1 is 1.00 bits per heavy atom. The maximum atomic E-state index is 9.83. The maximum Gasteiger partial charge on any atom is 0.187 e. The Labute approximate surface area is 110 Å². The van der Waals surface area contributed by atoms with Gasteiger partial charge in [-0.1, -0.05) is 44.9 Å². The molecule has 1 rings (SSSR count). The van der Waals surface area contributed by atoms with Crippen LogP contribution in [0.15, 0.2) is 24.3 Å². The number of phenols is 1. The van der Waals surface area contributed by atoms with Crippen LogP contribution in [-0.2, 0) is 9.47 Å². The van der Waals surface area contributed by atoms with Gasteiger partial charge in [0.1, 0.15) is 5.75 Å². The third-order valence-electron chi connectivity index (χ3n) is 2.72. The summed E-state index contributed by atoms with van der Waals surface area (Å²) in [4.78, 5) is 0. The topological polar surface area (TPSA) is 38.7 Å². The van der Waals surface area contributed by atoms with Gasteiger partial charge in [-0.05, 0) is 18.9 Å². The first kappa shape index (κ1) is 15.0. The van der Waals surface area contributed by atoms with Gasteiger partial charge in [0.05, 0.1) is 13.2 Å². The summed E-state index contributed by atoms with van der Waals surface area (Å²) in [5.74, 6) is 0.232. The van der Waals surface area contributed by atoms with Gasteiger partial charge in [0, 0.05) is 5.56 Å². The fraction of sp³-hybridized carbons (Fsp3) is 0.600. The van der Waals surface area contributed by atoms with Crippen LogP contribution in [0, 0.1) is 0 Å². The second-order valence-corrected chi connectivity index (χ2v) is 4.34. The van der Waals surface area contributed by atoms with E-state index in [1.807, 2.05) is 12.1 Å². The van der Waals surface area contributed by atoms with Crippen LogP contribution >= 0.6 is 0 Å². The summed E-state index contributed by atoms with van der Waals surface area (Å²) in [5, 5.41) is 9.83. The molecule has 3 heteroatoms. The van der Waals surface area contributed by atoms with Crippen molar-refractivity contribution in [3.8, 4) is 5.75 Å². The van der Waals surface area contributed by atoms with Gasteiger partial charge in [-0.3, -0.25) is 0 Å². The molecule has 0 atom stereocenters. The molecule has 0 bridgehead atoms. The van der Waals surface area contributed by atoms with Crippen LogP contribution in [0.25, 0.3) is 0 Å². The van der Waals surface area contributed by atoms with Crippen molar-refractivity contribution in [2.24, 2.45) is 0 Å². The summed E-state index contributed by atoms with van der Waals surface area (Å²) < 4.78 is 11.4. The Bertz CT molecular complexity index is 315. The minimum atomic E-state index is -0.454. The molecule has 0 saturated heterocycles. The van der Waals surface area contributed by atoms with E-state index in [0.717, 1.165) is 25.7 Å². The Morgan fingerprint density at radius 3 is 2.06 bits per heavy atom. The van der Waals surface area contributed by atoms with E-state index in [1.54, 1.807) is 12.1 Å². The molecule has 1 aromatic rings. The van der Waals surface area contributed by atoms with Gasteiger partial charge in [-0.2, -0.15) is 0 Å². The van der Waals surface area contributed by atoms with Crippen LogP contribution in [-0.4, -0.2) is 18.3 Å². The number of aromatic hydroxyl groups is 1. The van der Waals surface area contributed by atoms with Crippen LogP contribution in [0.5, 0.6) is 5.75 Å². The molecule has 0 aliphatic heterocycles. The quantitative estimate of drug-likeness (QED) is 0.533. The molecule has 0 amide bonds. The summed E-state index contributed by atoms with van der Waals surface area (Å²) in [7, 11) is 0. The van der Waals surface area contributed by atoms with Gasteiger partial charge in [-0.15, -0.1) is 0 Å². The number of para-hydroxylation sites is 1. The second-order valence-electron chi connectivity index (χ2n) is 4.34. The summed E-state index contributed by atoms with van der Waals surface area (Å²) in [6.45, 7) is 5.55. The lowest BCUT2D eigenvalue weighted by atomic mass is 10.2. The molecular formula is C15H24O3. The number of hydrogen-bond donors (Lipinski definition) is 1. The van der Waals surface area contributed by atoms with Crippen molar-refractivity contribution in [3.63, 3.8) is 0 Å². The standard InChI is InChI=1S/C15H24O3/c1-3-5-11-17-15(18-12-6-4-2)13-9-7-8-10-14(13)16/h7-10,15-16H,3-6,11-12H2,1-2H3. The Kier molecular flexibility index (Phi) is 7.46. The zero-order chi connectivity index (χ0) is 13.2. The average Bonchev–Trinajstić information content (AvgIpc) is 2.38. The molecule has 0 heterocycles. The number of ether oxygens (including phenoxy) is 2. The van der Waals surface area contributed by atoms with Crippen LogP contribution in [0.1, 0.15) is 51.4 Å². The van der Waals surface area contributed by atoms with Crippen LogP contribution in [0.4, 0.5) is 0 Å². The minimum absolute atomic E-state index is 0.232. The third-order valence-corrected chi connectivity index (χ3v) is 2.72. The Balaban J connectivity index is 2.60.